The van der Waals surface area contributed by atoms with Crippen molar-refractivity contribution in [2.24, 2.45) is 47.3 Å². The molecule has 0 spiro atoms. The molecule has 41 heteroatoms. The molecule has 2 saturated carbocycles. The Labute approximate surface area is 755 Å². The molecule has 0 N–H and O–H groups in total. The molecule has 8 amide bonds. The monoisotopic (exact) mass is 1870 g/mol. The molecule has 8 aromatic rings. The highest BCUT2D eigenvalue weighted by Gasteiger charge is 2.73. The van der Waals surface area contributed by atoms with E-state index in [1.807, 2.05) is 0 Å². The van der Waals surface area contributed by atoms with Gasteiger partial charge in [0.25, 0.3) is 0 Å². The number of nitrogens with zero attached hydrogens (tertiary/aromatic N) is 14. The Hall–Kier alpha value is -15.8. The van der Waals surface area contributed by atoms with E-state index in [9.17, 15) is 80.5 Å². The predicted octanol–water partition coefficient (Wildman–Crippen LogP) is 16.2. The van der Waals surface area contributed by atoms with Gasteiger partial charge in [-0.3, -0.25) is 72.4 Å². The molecule has 0 bridgehead atoms. The van der Waals surface area contributed by atoms with Crippen molar-refractivity contribution in [1.82, 2.24) is 9.80 Å². The molecule has 8 aromatic carbocycles. The van der Waals surface area contributed by atoms with Crippen LogP contribution >= 0.6 is 0 Å². The van der Waals surface area contributed by atoms with E-state index in [0.29, 0.717) is 33.2 Å². The summed E-state index contributed by atoms with van der Waals surface area (Å²) >= 11 is 0. The molecule has 2 aliphatic carbocycles. The molecule has 4 heterocycles. The maximum atomic E-state index is 16.0. The molecule has 4 saturated heterocycles. The van der Waals surface area contributed by atoms with E-state index in [-0.39, 0.29) is 73.1 Å². The molecular formula is C94H65F17N14O10. The van der Waals surface area contributed by atoms with Gasteiger partial charge in [0.1, 0.15) is 52.4 Å². The zero-order valence-electron chi connectivity index (χ0n) is 71.0. The second kappa shape index (κ2) is 35.4. The number of likely N-dealkylation sites (tertiary alicyclic amines) is 2. The number of alkyl halides is 9. The molecule has 6 fully saturated rings. The third-order valence-electron chi connectivity index (χ3n) is 26.0. The maximum Gasteiger partial charge on any atom is 0.411 e. The lowest BCUT2D eigenvalue weighted by Crippen LogP contribution is -2.54. The van der Waals surface area contributed by atoms with Gasteiger partial charge >= 0.3 is 41.7 Å². The Kier molecular flexibility index (Phi) is 25.4. The molecule has 24 nitrogen and oxygen atoms in total. The number of hydrogen-bond acceptors (Lipinski definition) is 16. The molecule has 135 heavy (non-hydrogen) atoms. The zero-order chi connectivity index (χ0) is 99.2. The lowest BCUT2D eigenvalue weighted by molar-refractivity contribution is -0.288. The molecular weight excluding hydrogens is 1810 g/mol. The fourth-order valence-electron chi connectivity index (χ4n) is 18.7. The van der Waals surface area contributed by atoms with E-state index in [2.05, 4.69) is 19.4 Å². The van der Waals surface area contributed by atoms with Crippen molar-refractivity contribution in [1.29, 1.82) is 21.0 Å². The maximum absolute atomic E-state index is 16.0. The summed E-state index contributed by atoms with van der Waals surface area (Å²) in [6.07, 6.45) is -17.0. The Balaban J connectivity index is 0.000000336. The van der Waals surface area contributed by atoms with Gasteiger partial charge in [-0.15, -0.1) is 0 Å². The van der Waals surface area contributed by atoms with Crippen molar-refractivity contribution in [3.8, 4) is 35.8 Å². The van der Waals surface area contributed by atoms with Crippen LogP contribution in [0.15, 0.2) is 133 Å². The number of halogens is 17. The fraction of sp³-hybridized carbons (Fsp3) is 0.319. The normalized spacial score (nSPS) is 20.8. The van der Waals surface area contributed by atoms with E-state index >= 15 is 48.3 Å². The zero-order valence-corrected chi connectivity index (χ0v) is 71.0. The van der Waals surface area contributed by atoms with Crippen LogP contribution < -0.4 is 29.1 Å². The summed E-state index contributed by atoms with van der Waals surface area (Å²) in [5, 5.41) is 38.7. The number of aryl methyl sites for hydroxylation is 2. The molecule has 13 unspecified atom stereocenters. The first-order valence-electron chi connectivity index (χ1n) is 40.3. The van der Waals surface area contributed by atoms with Gasteiger partial charge in [-0.25, -0.2) is 66.3 Å². The van der Waals surface area contributed by atoms with Crippen LogP contribution in [0.1, 0.15) is 98.6 Å². The number of carbonyl (C=O) groups is 8. The minimum Gasteiger partial charge on any atom is -0.491 e. The predicted molar refractivity (Wildman–Crippen MR) is 437 cm³/mol. The van der Waals surface area contributed by atoms with Gasteiger partial charge in [-0.1, -0.05) is 60.2 Å². The average molecular weight is 1870 g/mol. The second-order valence-corrected chi connectivity index (χ2v) is 32.9. The van der Waals surface area contributed by atoms with Crippen LogP contribution in [0.5, 0.6) is 11.5 Å². The highest BCUT2D eigenvalue weighted by molar-refractivity contribution is 6.26. The van der Waals surface area contributed by atoms with E-state index in [1.165, 1.54) is 101 Å². The number of hydrogen-bond donors (Lipinski definition) is 0. The first-order chi connectivity index (χ1) is 63.5. The molecule has 13 atom stereocenters. The standard InChI is InChI=1S/C68H45F11N12O6.C26H20F6N2O4/c1-33-26-36(14-20-45(33)96-24-22-88(7)38-16-10-34(11-17-38)66(31-82,86-5)51-57(73)53(69)49(42(29-80)84-3)54(70)58(51)74)65(2,68(77,78)79)37-15-21-46(44(27-37)91-62(93)41-28-40-47(48(41)64(91)95)63(94)90(9)61(40)92)97-25-23-89(8)39-18-12-35(13-19-39)67(32-83,87-6)52-59(75)55(71)50(43(30-81)85-4)56(72)60(52)76;1-12-3-5-13(6-4-12)24(25(27,28)29,26(30,31)32)14-7-9-15(10-8-14)34-21(36)17-11-16-18(19(17)23(34)38)22(37)33(2)20(16)35/h10-21,26-27,40-43,47-48H,22-25,28H2,1-2,7-9H3;3-10,16-19H,11H2,1-2H3. The third kappa shape index (κ3) is 15.1. The summed E-state index contributed by atoms with van der Waals surface area (Å²) in [5.41, 5.74) is -23.0. The summed E-state index contributed by atoms with van der Waals surface area (Å²) < 4.78 is 270. The Morgan fingerprint density at radius 2 is 0.756 bits per heavy atom. The van der Waals surface area contributed by atoms with Crippen LogP contribution in [-0.2, 0) is 60.3 Å². The van der Waals surface area contributed by atoms with Gasteiger partial charge in [-0.05, 0) is 140 Å². The number of rotatable bonds is 22. The van der Waals surface area contributed by atoms with Crippen molar-refractivity contribution in [3.05, 3.63) is 292 Å². The van der Waals surface area contributed by atoms with E-state index < -0.39 is 249 Å². The van der Waals surface area contributed by atoms with Crippen LogP contribution in [0.4, 0.5) is 97.4 Å². The lowest BCUT2D eigenvalue weighted by atomic mass is 9.72. The van der Waals surface area contributed by atoms with Gasteiger partial charge in [0.05, 0.1) is 82.9 Å². The summed E-state index contributed by atoms with van der Waals surface area (Å²) in [6.45, 7) is 32.9. The van der Waals surface area contributed by atoms with Gasteiger partial charge in [-0.2, -0.15) is 60.6 Å². The molecule has 0 radical (unpaired) electrons. The average Bonchev–Trinajstić information content (AvgIpc) is 1.56. The number of likely N-dealkylation sites (N-methyl/N-ethyl adjacent to an activating group) is 2. The quantitative estimate of drug-likeness (QED) is 0.0264. The lowest BCUT2D eigenvalue weighted by Gasteiger charge is -2.38. The van der Waals surface area contributed by atoms with Crippen LogP contribution in [0.3, 0.4) is 0 Å². The summed E-state index contributed by atoms with van der Waals surface area (Å²) in [4.78, 5) is 124. The summed E-state index contributed by atoms with van der Waals surface area (Å²) in [6, 6.07) is 23.6. The highest BCUT2D eigenvalue weighted by atomic mass is 19.4. The van der Waals surface area contributed by atoms with Gasteiger partial charge in [0.2, 0.25) is 52.7 Å². The number of nitriles is 4. The van der Waals surface area contributed by atoms with Crippen molar-refractivity contribution in [2.45, 2.75) is 86.1 Å². The summed E-state index contributed by atoms with van der Waals surface area (Å²) in [5.74, 6) is -32.1. The molecule has 6 aliphatic rings. The summed E-state index contributed by atoms with van der Waals surface area (Å²) in [7, 11) is 5.54. The van der Waals surface area contributed by atoms with E-state index in [4.69, 9.17) is 41.0 Å². The van der Waals surface area contributed by atoms with Gasteiger partial charge < -0.3 is 19.3 Å². The molecule has 0 aromatic heterocycles. The first kappa shape index (κ1) is 96.8. The van der Waals surface area contributed by atoms with Crippen molar-refractivity contribution < 1.29 is 122 Å². The number of benzene rings is 8. The Morgan fingerprint density at radius 3 is 1.11 bits per heavy atom. The number of anilines is 4. The van der Waals surface area contributed by atoms with E-state index in [1.54, 1.807) is 11.9 Å². The van der Waals surface area contributed by atoms with Crippen molar-refractivity contribution in [3.63, 3.8) is 0 Å². The number of ether oxygens (including phenoxy) is 2. The molecule has 4 aliphatic heterocycles. The van der Waals surface area contributed by atoms with Crippen molar-refractivity contribution >= 4 is 70.0 Å². The molecule has 14 rings (SSSR count). The minimum absolute atomic E-state index is 0.0396. The largest absolute Gasteiger partial charge is 0.491 e. The van der Waals surface area contributed by atoms with Crippen LogP contribution in [0, 0.1) is 179 Å². The first-order valence-corrected chi connectivity index (χ1v) is 40.3. The number of imide groups is 4. The van der Waals surface area contributed by atoms with Crippen molar-refractivity contribution in [2.75, 3.05) is 74.1 Å². The SMILES string of the molecule is Cc1ccc(C(c2ccc(N3C(=O)C4CC5C(=O)N(C)C(=O)C5C4C3=O)cc2)(C(F)(F)F)C(F)(F)F)cc1.[C-]#[N+]C(C#N)c1c(F)c(F)c(C(C#N)([N+]#[C-])c2ccc(N(C)CCOc3ccc(C(C)(c4ccc(OCCN(C)c5ccc(C(C#N)([N+]#[C-])c6c(F)c(F)c(C(C#N)[N+]#[C-])c(F)c6F)cc5)c(N5C(=O)C6CC7C(=O)N(C)C(=O)C7C6C5=O)c4)C(F)(F)F)cc3C)cc2)c(F)c1F. The second-order valence-electron chi connectivity index (χ2n) is 32.9. The highest BCUT2D eigenvalue weighted by Crippen LogP contribution is 2.60. The minimum atomic E-state index is -5.78. The Bertz CT molecular complexity index is 6570. The number of amides is 8. The van der Waals surface area contributed by atoms with Gasteiger partial charge in [0, 0.05) is 39.6 Å². The topological polar surface area (TPSA) is 287 Å². The van der Waals surface area contributed by atoms with Crippen LogP contribution in [-0.4, -0.2) is 130 Å². The Morgan fingerprint density at radius 1 is 0.422 bits per heavy atom. The third-order valence-corrected chi connectivity index (χ3v) is 26.0. The van der Waals surface area contributed by atoms with Crippen LogP contribution in [0.2, 0.25) is 0 Å². The molecule has 690 valence electrons. The fourth-order valence-corrected chi connectivity index (χ4v) is 18.7. The number of carbonyl (C=O) groups excluding carboxylic acids is 8. The van der Waals surface area contributed by atoms with E-state index in [0.717, 1.165) is 102 Å². The smallest absolute Gasteiger partial charge is 0.411 e. The number of fused-ring (bicyclic) bond motifs is 6. The van der Waals surface area contributed by atoms with Crippen LogP contribution in [0.25, 0.3) is 19.4 Å². The van der Waals surface area contributed by atoms with Gasteiger partial charge in [0.15, 0.2) is 70.8 Å².